The second kappa shape index (κ2) is 5.71. The predicted molar refractivity (Wildman–Crippen MR) is 74.3 cm³/mol. The molecule has 1 saturated carbocycles. The average Bonchev–Trinajstić information content (AvgIpc) is 2.28. The third-order valence-electron chi connectivity index (χ3n) is 4.87. The molecule has 2 aliphatic rings. The first kappa shape index (κ1) is 13.4. The van der Waals surface area contributed by atoms with E-state index in [2.05, 4.69) is 31.0 Å². The maximum atomic E-state index is 3.73. The van der Waals surface area contributed by atoms with Crippen LogP contribution in [0.25, 0.3) is 0 Å². The normalized spacial score (nSPS) is 33.4. The summed E-state index contributed by atoms with van der Waals surface area (Å²) < 4.78 is 0. The molecule has 1 heterocycles. The molecule has 0 amide bonds. The molecule has 2 nitrogen and oxygen atoms in total. The van der Waals surface area contributed by atoms with Crippen molar-refractivity contribution in [2.24, 2.45) is 5.41 Å². The summed E-state index contributed by atoms with van der Waals surface area (Å²) in [5, 5.41) is 3.73. The van der Waals surface area contributed by atoms with Gasteiger partial charge >= 0.3 is 0 Å². The number of hydrogen-bond acceptors (Lipinski definition) is 2. The molecule has 0 spiro atoms. The third kappa shape index (κ3) is 3.23. The Bertz CT molecular complexity index is 235. The van der Waals surface area contributed by atoms with Crippen LogP contribution >= 0.6 is 0 Å². The standard InChI is InChI=1S/C15H30N2/c1-4-7-13-11-17(14(5-2)10-16-13)12-15(3)8-6-9-15/h13-14,16H,4-12H2,1-3H3. The van der Waals surface area contributed by atoms with Gasteiger partial charge in [-0.2, -0.15) is 0 Å². The molecule has 1 saturated heterocycles. The summed E-state index contributed by atoms with van der Waals surface area (Å²) in [5.41, 5.74) is 0.640. The van der Waals surface area contributed by atoms with Crippen molar-refractivity contribution in [1.82, 2.24) is 10.2 Å². The highest BCUT2D eigenvalue weighted by Crippen LogP contribution is 2.41. The topological polar surface area (TPSA) is 15.3 Å². The fourth-order valence-electron chi connectivity index (χ4n) is 3.50. The van der Waals surface area contributed by atoms with Crippen LogP contribution in [0.1, 0.15) is 59.3 Å². The maximum Gasteiger partial charge on any atom is 0.0219 e. The molecule has 0 aromatic heterocycles. The molecule has 2 rings (SSSR count). The first-order chi connectivity index (χ1) is 8.17. The van der Waals surface area contributed by atoms with E-state index in [1.165, 1.54) is 58.2 Å². The van der Waals surface area contributed by atoms with Gasteiger partial charge in [0.1, 0.15) is 0 Å². The molecule has 17 heavy (non-hydrogen) atoms. The molecule has 1 N–H and O–H groups in total. The Morgan fingerprint density at radius 2 is 2.06 bits per heavy atom. The van der Waals surface area contributed by atoms with Gasteiger partial charge in [-0.15, -0.1) is 0 Å². The van der Waals surface area contributed by atoms with Crippen molar-refractivity contribution < 1.29 is 0 Å². The lowest BCUT2D eigenvalue weighted by Crippen LogP contribution is -2.58. The fraction of sp³-hybridized carbons (Fsp3) is 1.00. The van der Waals surface area contributed by atoms with Gasteiger partial charge in [0, 0.05) is 31.7 Å². The highest BCUT2D eigenvalue weighted by atomic mass is 15.2. The van der Waals surface area contributed by atoms with Crippen molar-refractivity contribution in [2.75, 3.05) is 19.6 Å². The predicted octanol–water partition coefficient (Wildman–Crippen LogP) is 3.03. The molecule has 2 fully saturated rings. The van der Waals surface area contributed by atoms with Crippen molar-refractivity contribution in [3.8, 4) is 0 Å². The second-order valence-corrected chi connectivity index (χ2v) is 6.55. The van der Waals surface area contributed by atoms with Crippen molar-refractivity contribution >= 4 is 0 Å². The van der Waals surface area contributed by atoms with E-state index in [0.29, 0.717) is 5.41 Å². The Balaban J connectivity index is 1.90. The van der Waals surface area contributed by atoms with Crippen LogP contribution in [0.3, 0.4) is 0 Å². The number of hydrogen-bond donors (Lipinski definition) is 1. The van der Waals surface area contributed by atoms with Crippen LogP contribution in [0.4, 0.5) is 0 Å². The zero-order valence-electron chi connectivity index (χ0n) is 12.0. The van der Waals surface area contributed by atoms with E-state index in [1.54, 1.807) is 0 Å². The summed E-state index contributed by atoms with van der Waals surface area (Å²) in [5.74, 6) is 0. The van der Waals surface area contributed by atoms with E-state index in [0.717, 1.165) is 12.1 Å². The molecule has 1 aliphatic heterocycles. The first-order valence-electron chi connectivity index (χ1n) is 7.64. The van der Waals surface area contributed by atoms with Gasteiger partial charge in [-0.1, -0.05) is 33.6 Å². The van der Waals surface area contributed by atoms with E-state index in [4.69, 9.17) is 0 Å². The van der Waals surface area contributed by atoms with Gasteiger partial charge in [-0.3, -0.25) is 4.90 Å². The van der Waals surface area contributed by atoms with Crippen LogP contribution in [0.15, 0.2) is 0 Å². The van der Waals surface area contributed by atoms with E-state index in [-0.39, 0.29) is 0 Å². The fourth-order valence-corrected chi connectivity index (χ4v) is 3.50. The molecule has 1 aliphatic carbocycles. The lowest BCUT2D eigenvalue weighted by molar-refractivity contribution is 0.0335. The Labute approximate surface area is 107 Å². The third-order valence-corrected chi connectivity index (χ3v) is 4.87. The largest absolute Gasteiger partial charge is 0.311 e. The van der Waals surface area contributed by atoms with Gasteiger partial charge in [-0.05, 0) is 31.1 Å². The molecule has 2 atom stereocenters. The Kier molecular flexibility index (Phi) is 4.48. The Morgan fingerprint density at radius 3 is 2.59 bits per heavy atom. The molecule has 2 unspecified atom stereocenters. The molecule has 0 aromatic rings. The van der Waals surface area contributed by atoms with Crippen molar-refractivity contribution in [3.05, 3.63) is 0 Å². The van der Waals surface area contributed by atoms with Crippen LogP contribution < -0.4 is 5.32 Å². The summed E-state index contributed by atoms with van der Waals surface area (Å²) >= 11 is 0. The molecular formula is C15H30N2. The molecule has 2 heteroatoms. The monoisotopic (exact) mass is 238 g/mol. The van der Waals surface area contributed by atoms with Gasteiger partial charge < -0.3 is 5.32 Å². The van der Waals surface area contributed by atoms with Crippen LogP contribution in [0.2, 0.25) is 0 Å². The minimum atomic E-state index is 0.640. The van der Waals surface area contributed by atoms with E-state index < -0.39 is 0 Å². The summed E-state index contributed by atoms with van der Waals surface area (Å²) in [6.07, 6.45) is 8.29. The lowest BCUT2D eigenvalue weighted by Gasteiger charge is -2.48. The highest BCUT2D eigenvalue weighted by molar-refractivity contribution is 4.92. The van der Waals surface area contributed by atoms with Gasteiger partial charge in [0.2, 0.25) is 0 Å². The number of rotatable bonds is 5. The van der Waals surface area contributed by atoms with E-state index in [9.17, 15) is 0 Å². The van der Waals surface area contributed by atoms with Crippen molar-refractivity contribution in [3.63, 3.8) is 0 Å². The van der Waals surface area contributed by atoms with Gasteiger partial charge in [0.25, 0.3) is 0 Å². The molecule has 0 bridgehead atoms. The summed E-state index contributed by atoms with van der Waals surface area (Å²) in [6, 6.07) is 1.52. The van der Waals surface area contributed by atoms with Crippen molar-refractivity contribution in [2.45, 2.75) is 71.4 Å². The molecule has 100 valence electrons. The number of nitrogens with one attached hydrogen (secondary N) is 1. The Morgan fingerprint density at radius 1 is 1.29 bits per heavy atom. The summed E-state index contributed by atoms with van der Waals surface area (Å²) in [7, 11) is 0. The Hall–Kier alpha value is -0.0800. The van der Waals surface area contributed by atoms with Gasteiger partial charge in [-0.25, -0.2) is 0 Å². The quantitative estimate of drug-likeness (QED) is 0.792. The van der Waals surface area contributed by atoms with Crippen LogP contribution in [-0.2, 0) is 0 Å². The first-order valence-corrected chi connectivity index (χ1v) is 7.64. The van der Waals surface area contributed by atoms with Crippen LogP contribution in [0, 0.1) is 5.41 Å². The number of nitrogens with zero attached hydrogens (tertiary/aromatic N) is 1. The second-order valence-electron chi connectivity index (χ2n) is 6.55. The van der Waals surface area contributed by atoms with Crippen LogP contribution in [-0.4, -0.2) is 36.6 Å². The van der Waals surface area contributed by atoms with Gasteiger partial charge in [0.15, 0.2) is 0 Å². The maximum absolute atomic E-state index is 3.73. The molecule has 0 aromatic carbocycles. The smallest absolute Gasteiger partial charge is 0.0219 e. The highest BCUT2D eigenvalue weighted by Gasteiger charge is 2.37. The van der Waals surface area contributed by atoms with Gasteiger partial charge in [0.05, 0.1) is 0 Å². The summed E-state index contributed by atoms with van der Waals surface area (Å²) in [6.45, 7) is 10.9. The molecule has 0 radical (unpaired) electrons. The zero-order valence-corrected chi connectivity index (χ0v) is 12.0. The SMILES string of the molecule is CCCC1CN(CC2(C)CCC2)C(CC)CN1. The average molecular weight is 238 g/mol. The zero-order chi connectivity index (χ0) is 12.3. The number of piperazine rings is 1. The molecular weight excluding hydrogens is 208 g/mol. The van der Waals surface area contributed by atoms with E-state index in [1.807, 2.05) is 0 Å². The lowest BCUT2D eigenvalue weighted by atomic mass is 9.70. The van der Waals surface area contributed by atoms with Crippen molar-refractivity contribution in [1.29, 1.82) is 0 Å². The minimum absolute atomic E-state index is 0.640. The minimum Gasteiger partial charge on any atom is -0.311 e. The van der Waals surface area contributed by atoms with E-state index >= 15 is 0 Å². The van der Waals surface area contributed by atoms with Crippen LogP contribution in [0.5, 0.6) is 0 Å². The summed E-state index contributed by atoms with van der Waals surface area (Å²) in [4.78, 5) is 2.79.